The Morgan fingerprint density at radius 3 is 2.60 bits per heavy atom. The molecule has 1 spiro atoms. The molecule has 1 N–H and O–H groups in total. The van der Waals surface area contributed by atoms with Crippen molar-refractivity contribution in [1.82, 2.24) is 0 Å². The summed E-state index contributed by atoms with van der Waals surface area (Å²) in [5, 5.41) is 10.3. The van der Waals surface area contributed by atoms with Gasteiger partial charge in [0, 0.05) is 6.42 Å². The van der Waals surface area contributed by atoms with Crippen molar-refractivity contribution in [1.29, 1.82) is 0 Å². The molecule has 0 radical (unpaired) electrons. The second-order valence-electron chi connectivity index (χ2n) is 9.02. The van der Waals surface area contributed by atoms with Gasteiger partial charge in [0.1, 0.15) is 17.9 Å². The van der Waals surface area contributed by atoms with E-state index in [-0.39, 0.29) is 29.6 Å². The van der Waals surface area contributed by atoms with Gasteiger partial charge in [0.2, 0.25) is 5.78 Å². The molecule has 30 heavy (non-hydrogen) atoms. The van der Waals surface area contributed by atoms with Gasteiger partial charge in [0.15, 0.2) is 5.60 Å². The Kier molecular flexibility index (Phi) is 4.97. The first-order valence-corrected chi connectivity index (χ1v) is 10.4. The molecule has 2 aliphatic carbocycles. The van der Waals surface area contributed by atoms with Gasteiger partial charge < -0.3 is 14.6 Å². The van der Waals surface area contributed by atoms with E-state index in [1.807, 2.05) is 39.0 Å². The quantitative estimate of drug-likeness (QED) is 0.374. The predicted octanol–water partition coefficient (Wildman–Crippen LogP) is 3.88. The van der Waals surface area contributed by atoms with E-state index in [9.17, 15) is 14.7 Å². The highest BCUT2D eigenvalue weighted by Gasteiger charge is 2.64. The monoisotopic (exact) mass is 408 g/mol. The molecule has 3 heterocycles. The summed E-state index contributed by atoms with van der Waals surface area (Å²) >= 11 is 0. The number of ketones is 1. The number of hydrogen-bond donors (Lipinski definition) is 1. The van der Waals surface area contributed by atoms with Crippen molar-refractivity contribution in [3.8, 4) is 0 Å². The maximum atomic E-state index is 13.8. The largest absolute Gasteiger partial charge is 0.488 e. The Morgan fingerprint density at radius 1 is 1.13 bits per heavy atom. The maximum Gasteiger partial charge on any atom is 0.346 e. The van der Waals surface area contributed by atoms with Crippen LogP contribution in [0.5, 0.6) is 0 Å². The Morgan fingerprint density at radius 2 is 1.90 bits per heavy atom. The molecule has 0 aromatic rings. The van der Waals surface area contributed by atoms with E-state index in [0.717, 1.165) is 16.7 Å². The fourth-order valence-electron chi connectivity index (χ4n) is 4.88. The molecule has 0 aromatic heterocycles. The van der Waals surface area contributed by atoms with Gasteiger partial charge in [0.05, 0.1) is 11.5 Å². The molecular weight excluding hydrogens is 380 g/mol. The summed E-state index contributed by atoms with van der Waals surface area (Å²) < 4.78 is 11.7. The van der Waals surface area contributed by atoms with Crippen LogP contribution in [0.25, 0.3) is 0 Å². The van der Waals surface area contributed by atoms with Crippen LogP contribution in [0.15, 0.2) is 70.6 Å². The lowest BCUT2D eigenvalue weighted by Gasteiger charge is -2.45. The lowest BCUT2D eigenvalue weighted by atomic mass is 9.61. The number of carbonyl (C=O) groups excluding carboxylic acids is 2. The summed E-state index contributed by atoms with van der Waals surface area (Å²) in [5.74, 6) is -0.603. The molecule has 4 bridgehead atoms. The second-order valence-corrected chi connectivity index (χ2v) is 9.02. The Balaban J connectivity index is 1.95. The Bertz CT molecular complexity index is 989. The van der Waals surface area contributed by atoms with Gasteiger partial charge in [-0.25, -0.2) is 4.79 Å². The van der Waals surface area contributed by atoms with Crippen LogP contribution in [0.1, 0.15) is 40.5 Å². The number of esters is 1. The van der Waals surface area contributed by atoms with Gasteiger partial charge in [-0.1, -0.05) is 48.5 Å². The first-order valence-electron chi connectivity index (χ1n) is 10.4. The number of allylic oxidation sites excluding steroid dienone is 4. The normalized spacial score (nSPS) is 41.4. The first kappa shape index (κ1) is 20.6. The summed E-state index contributed by atoms with van der Waals surface area (Å²) in [6.45, 7) is 8.19. The average molecular weight is 408 g/mol. The van der Waals surface area contributed by atoms with Crippen molar-refractivity contribution in [2.24, 2.45) is 11.3 Å². The number of Topliss-reactive ketones (excluding diaryl/α,β-unsaturated/α-hetero) is 1. The van der Waals surface area contributed by atoms with Gasteiger partial charge in [-0.05, 0) is 50.8 Å². The lowest BCUT2D eigenvalue weighted by molar-refractivity contribution is -0.162. The van der Waals surface area contributed by atoms with Crippen LogP contribution in [0.3, 0.4) is 0 Å². The molecule has 4 atom stereocenters. The fraction of sp³-hybridized carbons (Fsp3) is 0.440. The SMILES string of the molecule is CC1=C[C@]2(C)/C=C(C)\C=C/C[C@@H](O)C=C3C=C/C(=C4\C(=O)O[C@]2(C[C@@H]1C)C4=O)OC3. The van der Waals surface area contributed by atoms with Crippen LogP contribution in [0.4, 0.5) is 0 Å². The Labute approximate surface area is 177 Å². The molecule has 3 aliphatic heterocycles. The minimum atomic E-state index is -1.30. The van der Waals surface area contributed by atoms with Crippen LogP contribution >= 0.6 is 0 Å². The molecule has 5 aliphatic rings. The molecule has 0 aromatic carbocycles. The van der Waals surface area contributed by atoms with Crippen molar-refractivity contribution in [2.75, 3.05) is 6.61 Å². The molecule has 0 unspecified atom stereocenters. The lowest BCUT2D eigenvalue weighted by Crippen LogP contribution is -2.53. The van der Waals surface area contributed by atoms with E-state index in [1.165, 1.54) is 0 Å². The molecule has 5 nitrogen and oxygen atoms in total. The average Bonchev–Trinajstić information content (AvgIpc) is 2.91. The van der Waals surface area contributed by atoms with Crippen LogP contribution in [-0.2, 0) is 19.1 Å². The van der Waals surface area contributed by atoms with E-state index in [1.54, 1.807) is 18.2 Å². The molecule has 1 saturated heterocycles. The highest BCUT2D eigenvalue weighted by Crippen LogP contribution is 2.53. The molecule has 158 valence electrons. The third-order valence-electron chi connectivity index (χ3n) is 6.62. The Hall–Kier alpha value is -2.66. The molecule has 0 saturated carbocycles. The zero-order valence-corrected chi connectivity index (χ0v) is 17.9. The summed E-state index contributed by atoms with van der Waals surface area (Å²) in [4.78, 5) is 26.7. The molecular formula is C25H28O5. The highest BCUT2D eigenvalue weighted by atomic mass is 16.6. The minimum Gasteiger partial charge on any atom is -0.488 e. The minimum absolute atomic E-state index is 0.0197. The topological polar surface area (TPSA) is 72.8 Å². The molecule has 0 amide bonds. The first-order chi connectivity index (χ1) is 14.1. The van der Waals surface area contributed by atoms with Crippen LogP contribution < -0.4 is 0 Å². The number of fused-ring (bicyclic) bond motifs is 5. The summed E-state index contributed by atoms with van der Waals surface area (Å²) in [6, 6.07) is 0. The molecule has 1 fully saturated rings. The number of aliphatic hydroxyl groups is 1. The predicted molar refractivity (Wildman–Crippen MR) is 113 cm³/mol. The van der Waals surface area contributed by atoms with Crippen molar-refractivity contribution in [2.45, 2.75) is 52.2 Å². The van der Waals surface area contributed by atoms with E-state index < -0.39 is 23.1 Å². The number of hydrogen-bond acceptors (Lipinski definition) is 5. The standard InChI is InChI=1S/C25H28O5/c1-15-6-5-7-19(26)10-18-8-9-20(29-14-18)21-22(27)25(30-23(21)28)13-17(3)16(2)12-24(25,4)11-15/h5-6,8-12,17,19,26H,7,13-14H2,1-4H3/b6-5-,15-11-,18-10?,21-20+/t17-,19+,24-,25+/m0/s1. The fourth-order valence-corrected chi connectivity index (χ4v) is 4.88. The van der Waals surface area contributed by atoms with E-state index in [2.05, 4.69) is 13.0 Å². The highest BCUT2D eigenvalue weighted by molar-refractivity contribution is 6.26. The van der Waals surface area contributed by atoms with Gasteiger partial charge in [-0.2, -0.15) is 0 Å². The summed E-state index contributed by atoms with van der Waals surface area (Å²) in [7, 11) is 0. The van der Waals surface area contributed by atoms with Crippen LogP contribution in [-0.4, -0.2) is 35.2 Å². The zero-order chi connectivity index (χ0) is 21.7. The van der Waals surface area contributed by atoms with E-state index in [4.69, 9.17) is 9.47 Å². The van der Waals surface area contributed by atoms with E-state index >= 15 is 0 Å². The van der Waals surface area contributed by atoms with Crippen molar-refractivity contribution in [3.63, 3.8) is 0 Å². The van der Waals surface area contributed by atoms with Crippen molar-refractivity contribution < 1.29 is 24.2 Å². The summed E-state index contributed by atoms with van der Waals surface area (Å²) in [5.41, 5.74) is 0.782. The third-order valence-corrected chi connectivity index (χ3v) is 6.62. The molecule has 5 rings (SSSR count). The summed E-state index contributed by atoms with van der Waals surface area (Å²) in [6.07, 6.45) is 13.3. The van der Waals surface area contributed by atoms with Crippen molar-refractivity contribution >= 4 is 11.8 Å². The zero-order valence-electron chi connectivity index (χ0n) is 17.9. The van der Waals surface area contributed by atoms with Crippen molar-refractivity contribution in [3.05, 3.63) is 70.6 Å². The van der Waals surface area contributed by atoms with Crippen LogP contribution in [0.2, 0.25) is 0 Å². The van der Waals surface area contributed by atoms with Gasteiger partial charge in [-0.15, -0.1) is 0 Å². The van der Waals surface area contributed by atoms with Gasteiger partial charge >= 0.3 is 5.97 Å². The smallest absolute Gasteiger partial charge is 0.346 e. The maximum absolute atomic E-state index is 13.8. The van der Waals surface area contributed by atoms with Gasteiger partial charge in [0.25, 0.3) is 0 Å². The number of ether oxygens (including phenoxy) is 2. The number of aliphatic hydroxyl groups excluding tert-OH is 1. The number of carbonyl (C=O) groups is 2. The van der Waals surface area contributed by atoms with Gasteiger partial charge in [-0.3, -0.25) is 4.79 Å². The molecule has 5 heteroatoms. The number of rotatable bonds is 0. The van der Waals surface area contributed by atoms with Crippen LogP contribution in [0, 0.1) is 11.3 Å². The van der Waals surface area contributed by atoms with E-state index in [0.29, 0.717) is 12.8 Å². The second kappa shape index (κ2) is 7.24. The third kappa shape index (κ3) is 3.21.